The Hall–Kier alpha value is -2.49. The van der Waals surface area contributed by atoms with Crippen LogP contribution in [0.5, 0.6) is 5.75 Å². The third-order valence-corrected chi connectivity index (χ3v) is 9.89. The molecule has 0 saturated heterocycles. The number of halogens is 2. The molecule has 6 rings (SSSR count). The lowest BCUT2D eigenvalue weighted by Crippen LogP contribution is -2.58. The Morgan fingerprint density at radius 2 is 1.78 bits per heavy atom. The van der Waals surface area contributed by atoms with E-state index in [9.17, 15) is 18.0 Å². The van der Waals surface area contributed by atoms with E-state index in [0.717, 1.165) is 32.1 Å². The fourth-order valence-electron chi connectivity index (χ4n) is 6.68. The Kier molecular flexibility index (Phi) is 6.83. The fourth-order valence-corrected chi connectivity index (χ4v) is 8.88. The van der Waals surface area contributed by atoms with Gasteiger partial charge in [-0.3, -0.25) is 14.3 Å². The van der Waals surface area contributed by atoms with Crippen molar-refractivity contribution < 1.29 is 22.7 Å². The summed E-state index contributed by atoms with van der Waals surface area (Å²) in [5, 5.41) is 5.71. The van der Waals surface area contributed by atoms with E-state index < -0.39 is 21.3 Å². The highest BCUT2D eigenvalue weighted by atomic mass is 35.5. The van der Waals surface area contributed by atoms with Crippen molar-refractivity contribution in [2.75, 3.05) is 23.7 Å². The number of rotatable bonds is 8. The predicted octanol–water partition coefficient (Wildman–Crippen LogP) is 4.78. The van der Waals surface area contributed by atoms with Gasteiger partial charge in [0.1, 0.15) is 10.6 Å². The molecule has 4 aliphatic rings. The maximum Gasteiger partial charge on any atom is 0.265 e. The third-order valence-electron chi connectivity index (χ3n) is 7.74. The molecule has 0 unspecified atom stereocenters. The summed E-state index contributed by atoms with van der Waals surface area (Å²) in [6.07, 6.45) is 5.37. The first-order valence-electron chi connectivity index (χ1n) is 12.2. The van der Waals surface area contributed by atoms with Crippen LogP contribution in [0.15, 0.2) is 47.4 Å². The summed E-state index contributed by atoms with van der Waals surface area (Å²) in [6, 6.07) is 10.7. The van der Waals surface area contributed by atoms with Crippen LogP contribution in [0.25, 0.3) is 0 Å². The van der Waals surface area contributed by atoms with E-state index >= 15 is 0 Å². The normalized spacial score (nSPS) is 28.0. The Labute approximate surface area is 226 Å². The van der Waals surface area contributed by atoms with Gasteiger partial charge in [-0.1, -0.05) is 23.7 Å². The lowest BCUT2D eigenvalue weighted by molar-refractivity contribution is -0.145. The van der Waals surface area contributed by atoms with Crippen LogP contribution >= 0.6 is 23.2 Å². The maximum absolute atomic E-state index is 13.2. The molecule has 2 aromatic carbocycles. The number of carbonyl (C=O) groups is 2. The summed E-state index contributed by atoms with van der Waals surface area (Å²) in [7, 11) is -2.73. The SMILES string of the molecule is COc1ccc(NC(=O)CNC(=O)C23C[C@H]4C[C@@H](CC(Cl)(C4)C2)C3)cc1S(=O)(=O)Nc1ccccc1Cl. The molecule has 4 saturated carbocycles. The Balaban J connectivity index is 1.25. The van der Waals surface area contributed by atoms with Crippen molar-refractivity contribution in [3.63, 3.8) is 0 Å². The van der Waals surface area contributed by atoms with Gasteiger partial charge in [-0.2, -0.15) is 0 Å². The van der Waals surface area contributed by atoms with Crippen LogP contribution in [0.3, 0.4) is 0 Å². The van der Waals surface area contributed by atoms with Gasteiger partial charge in [0.15, 0.2) is 0 Å². The van der Waals surface area contributed by atoms with Crippen LogP contribution in [0.4, 0.5) is 11.4 Å². The van der Waals surface area contributed by atoms with Crippen LogP contribution in [0, 0.1) is 17.3 Å². The van der Waals surface area contributed by atoms with E-state index in [1.54, 1.807) is 18.2 Å². The summed E-state index contributed by atoms with van der Waals surface area (Å²) in [4.78, 5) is 25.4. The summed E-state index contributed by atoms with van der Waals surface area (Å²) in [5.41, 5.74) is -0.0430. The highest BCUT2D eigenvalue weighted by Gasteiger charge is 2.60. The quantitative estimate of drug-likeness (QED) is 0.398. The van der Waals surface area contributed by atoms with Gasteiger partial charge < -0.3 is 15.4 Å². The van der Waals surface area contributed by atoms with Gasteiger partial charge in [-0.25, -0.2) is 8.42 Å². The molecule has 3 N–H and O–H groups in total. The summed E-state index contributed by atoms with van der Waals surface area (Å²) in [5.74, 6) is 0.451. The summed E-state index contributed by atoms with van der Waals surface area (Å²) in [6.45, 7) is -0.225. The lowest BCUT2D eigenvalue weighted by atomic mass is 9.49. The number of hydrogen-bond acceptors (Lipinski definition) is 5. The minimum atomic E-state index is -4.09. The molecule has 0 heterocycles. The second-order valence-electron chi connectivity index (χ2n) is 10.6. The molecule has 4 bridgehead atoms. The molecule has 198 valence electrons. The first-order chi connectivity index (χ1) is 17.5. The number of amides is 2. The molecule has 2 amide bonds. The Morgan fingerprint density at radius 3 is 2.43 bits per heavy atom. The first-order valence-corrected chi connectivity index (χ1v) is 14.5. The molecular formula is C26H29Cl2N3O5S. The largest absolute Gasteiger partial charge is 0.495 e. The highest BCUT2D eigenvalue weighted by molar-refractivity contribution is 7.92. The number of ether oxygens (including phenoxy) is 1. The van der Waals surface area contributed by atoms with Crippen molar-refractivity contribution in [1.82, 2.24) is 5.32 Å². The number of sulfonamides is 1. The minimum absolute atomic E-state index is 0.0997. The van der Waals surface area contributed by atoms with Gasteiger partial charge in [-0.05, 0) is 80.7 Å². The monoisotopic (exact) mass is 565 g/mol. The molecule has 2 atom stereocenters. The topological polar surface area (TPSA) is 114 Å². The molecule has 0 aromatic heterocycles. The molecular weight excluding hydrogens is 537 g/mol. The highest BCUT2D eigenvalue weighted by Crippen LogP contribution is 2.63. The van der Waals surface area contributed by atoms with E-state index in [1.165, 1.54) is 31.4 Å². The van der Waals surface area contributed by atoms with Crippen molar-refractivity contribution in [3.05, 3.63) is 47.5 Å². The molecule has 11 heteroatoms. The molecule has 0 radical (unpaired) electrons. The van der Waals surface area contributed by atoms with E-state index in [0.29, 0.717) is 18.3 Å². The van der Waals surface area contributed by atoms with Crippen LogP contribution < -0.4 is 20.1 Å². The van der Waals surface area contributed by atoms with E-state index in [1.807, 2.05) is 0 Å². The molecule has 37 heavy (non-hydrogen) atoms. The number of benzene rings is 2. The average molecular weight is 567 g/mol. The van der Waals surface area contributed by atoms with Gasteiger partial charge in [0.2, 0.25) is 11.8 Å². The average Bonchev–Trinajstić information content (AvgIpc) is 2.82. The van der Waals surface area contributed by atoms with E-state index in [2.05, 4.69) is 15.4 Å². The molecule has 0 aliphatic heterocycles. The number of alkyl halides is 1. The van der Waals surface area contributed by atoms with Crippen LogP contribution in [-0.2, 0) is 19.6 Å². The second kappa shape index (κ2) is 9.67. The molecule has 2 aromatic rings. The Morgan fingerprint density at radius 1 is 1.08 bits per heavy atom. The van der Waals surface area contributed by atoms with Crippen molar-refractivity contribution in [3.8, 4) is 5.75 Å². The number of nitrogens with one attached hydrogen (secondary N) is 3. The minimum Gasteiger partial charge on any atom is -0.495 e. The van der Waals surface area contributed by atoms with E-state index in [-0.39, 0.29) is 44.4 Å². The second-order valence-corrected chi connectivity index (χ2v) is 13.4. The van der Waals surface area contributed by atoms with Gasteiger partial charge >= 0.3 is 0 Å². The first kappa shape index (κ1) is 26.1. The summed E-state index contributed by atoms with van der Waals surface area (Å²) < 4.78 is 33.9. The van der Waals surface area contributed by atoms with Gasteiger partial charge in [0, 0.05) is 10.6 Å². The maximum atomic E-state index is 13.2. The fraction of sp³-hybridized carbons (Fsp3) is 0.462. The third kappa shape index (κ3) is 5.26. The number of anilines is 2. The van der Waals surface area contributed by atoms with Gasteiger partial charge in [0.25, 0.3) is 10.0 Å². The van der Waals surface area contributed by atoms with Crippen LogP contribution in [-0.4, -0.2) is 38.8 Å². The number of hydrogen-bond donors (Lipinski definition) is 3. The smallest absolute Gasteiger partial charge is 0.265 e. The van der Waals surface area contributed by atoms with Crippen LogP contribution in [0.1, 0.15) is 38.5 Å². The van der Waals surface area contributed by atoms with Crippen molar-refractivity contribution in [2.45, 2.75) is 48.3 Å². The number of para-hydroxylation sites is 1. The van der Waals surface area contributed by atoms with Crippen molar-refractivity contribution >= 4 is 56.4 Å². The predicted molar refractivity (Wildman–Crippen MR) is 143 cm³/mol. The summed E-state index contributed by atoms with van der Waals surface area (Å²) >= 11 is 12.9. The van der Waals surface area contributed by atoms with E-state index in [4.69, 9.17) is 27.9 Å². The molecule has 8 nitrogen and oxygen atoms in total. The standard InChI is InChI=1S/C26H29Cl2N3O5S/c1-36-21-7-6-18(9-22(21)37(34,35)31-20-5-3-2-4-19(20)27)30-23(32)14-29-24(33)25-10-16-8-17(11-25)13-26(28,12-16)15-25/h2-7,9,16-17,31H,8,10-15H2,1H3,(H,29,33)(H,30,32)/t16-,17-,25?,26?/m1/s1. The van der Waals surface area contributed by atoms with Gasteiger partial charge in [-0.15, -0.1) is 11.6 Å². The van der Waals surface area contributed by atoms with Gasteiger partial charge in [0.05, 0.1) is 29.8 Å². The molecule has 4 fully saturated rings. The zero-order chi connectivity index (χ0) is 26.4. The van der Waals surface area contributed by atoms with Crippen molar-refractivity contribution in [1.29, 1.82) is 0 Å². The lowest BCUT2D eigenvalue weighted by Gasteiger charge is -2.59. The molecule has 0 spiro atoms. The van der Waals surface area contributed by atoms with Crippen molar-refractivity contribution in [2.24, 2.45) is 17.3 Å². The zero-order valence-corrected chi connectivity index (χ0v) is 22.7. The Bertz CT molecular complexity index is 1340. The van der Waals surface area contributed by atoms with Crippen LogP contribution in [0.2, 0.25) is 5.02 Å². The zero-order valence-electron chi connectivity index (χ0n) is 20.4. The number of methoxy groups -OCH3 is 1. The number of carbonyl (C=O) groups excluding carboxylic acids is 2. The molecule has 4 aliphatic carbocycles.